The number of nitrogens with one attached hydrogen (secondary N) is 2. The molecular formula is C23H24N3O5-. The molecule has 0 radical (unpaired) electrons. The second-order valence-electron chi connectivity index (χ2n) is 7.87. The molecule has 0 spiro atoms. The van der Waals surface area contributed by atoms with Gasteiger partial charge < -0.3 is 20.2 Å². The molecule has 8 heteroatoms. The SMILES string of the molecule is CC(C)C[C@H](C(=O)N[C@@H](Cc1ccccc1)C(=O)[O-])n1c(=O)[nH]c2ccccc2c1=O. The topological polar surface area (TPSA) is 124 Å². The Labute approximate surface area is 178 Å². The van der Waals surface area contributed by atoms with Crippen LogP contribution in [0, 0.1) is 5.92 Å². The molecule has 3 rings (SSSR count). The van der Waals surface area contributed by atoms with E-state index in [0.717, 1.165) is 4.57 Å². The van der Waals surface area contributed by atoms with Crippen LogP contribution < -0.4 is 21.7 Å². The molecule has 31 heavy (non-hydrogen) atoms. The summed E-state index contributed by atoms with van der Waals surface area (Å²) in [5, 5.41) is 14.4. The normalized spacial score (nSPS) is 13.1. The van der Waals surface area contributed by atoms with Crippen molar-refractivity contribution in [2.45, 2.75) is 38.8 Å². The predicted molar refractivity (Wildman–Crippen MR) is 114 cm³/mol. The van der Waals surface area contributed by atoms with Gasteiger partial charge >= 0.3 is 5.69 Å². The number of aliphatic carboxylic acids is 1. The Morgan fingerprint density at radius 1 is 1.03 bits per heavy atom. The van der Waals surface area contributed by atoms with Crippen molar-refractivity contribution < 1.29 is 14.7 Å². The van der Waals surface area contributed by atoms with Crippen molar-refractivity contribution in [3.8, 4) is 0 Å². The van der Waals surface area contributed by atoms with Crippen molar-refractivity contribution >= 4 is 22.8 Å². The molecule has 2 aromatic carbocycles. The Balaban J connectivity index is 1.98. The van der Waals surface area contributed by atoms with Gasteiger partial charge in [-0.1, -0.05) is 56.3 Å². The standard InChI is InChI=1S/C23H25N3O5/c1-14(2)12-19(26-21(28)16-10-6-7-11-17(16)25-23(26)31)20(27)24-18(22(29)30)13-15-8-4-3-5-9-15/h3-11,14,18-19H,12-13H2,1-2H3,(H,24,27)(H,25,31)(H,29,30)/p-1/t18-,19+/m0/s1. The highest BCUT2D eigenvalue weighted by molar-refractivity contribution is 5.86. The van der Waals surface area contributed by atoms with Crippen molar-refractivity contribution in [2.75, 3.05) is 0 Å². The number of benzene rings is 2. The Bertz CT molecular complexity index is 1200. The number of rotatable bonds is 8. The smallest absolute Gasteiger partial charge is 0.329 e. The molecule has 0 saturated heterocycles. The van der Waals surface area contributed by atoms with Crippen LogP contribution in [0.15, 0.2) is 64.2 Å². The van der Waals surface area contributed by atoms with Crippen LogP contribution in [0.5, 0.6) is 0 Å². The molecule has 162 valence electrons. The third-order valence-corrected chi connectivity index (χ3v) is 5.03. The van der Waals surface area contributed by atoms with Gasteiger partial charge in [-0.05, 0) is 36.5 Å². The number of carboxylic acids is 1. The summed E-state index contributed by atoms with van der Waals surface area (Å²) in [4.78, 5) is 53.1. The summed E-state index contributed by atoms with van der Waals surface area (Å²) in [7, 11) is 0. The average molecular weight is 422 g/mol. The Morgan fingerprint density at radius 3 is 2.32 bits per heavy atom. The van der Waals surface area contributed by atoms with E-state index in [0.29, 0.717) is 11.1 Å². The zero-order valence-electron chi connectivity index (χ0n) is 17.3. The van der Waals surface area contributed by atoms with Gasteiger partial charge in [-0.2, -0.15) is 0 Å². The summed E-state index contributed by atoms with van der Waals surface area (Å²) in [6, 6.07) is 12.9. The van der Waals surface area contributed by atoms with Crippen LogP contribution in [0.2, 0.25) is 0 Å². The number of nitrogens with zero attached hydrogens (tertiary/aromatic N) is 1. The number of H-pyrrole nitrogens is 1. The van der Waals surface area contributed by atoms with E-state index in [1.165, 1.54) is 0 Å². The molecule has 0 aliphatic heterocycles. The first-order valence-corrected chi connectivity index (χ1v) is 10.1. The Kier molecular flexibility index (Phi) is 6.69. The Hall–Kier alpha value is -3.68. The zero-order chi connectivity index (χ0) is 22.5. The van der Waals surface area contributed by atoms with E-state index in [1.807, 2.05) is 13.8 Å². The van der Waals surface area contributed by atoms with E-state index in [4.69, 9.17) is 0 Å². The number of amides is 1. The van der Waals surface area contributed by atoms with Gasteiger partial charge in [0, 0.05) is 0 Å². The summed E-state index contributed by atoms with van der Waals surface area (Å²) >= 11 is 0. The lowest BCUT2D eigenvalue weighted by Gasteiger charge is -2.25. The highest BCUT2D eigenvalue weighted by atomic mass is 16.4. The number of fused-ring (bicyclic) bond motifs is 1. The Morgan fingerprint density at radius 2 is 1.68 bits per heavy atom. The number of aromatic amines is 1. The van der Waals surface area contributed by atoms with Crippen LogP contribution in [-0.2, 0) is 16.0 Å². The molecular weight excluding hydrogens is 398 g/mol. The van der Waals surface area contributed by atoms with Crippen LogP contribution in [0.25, 0.3) is 10.9 Å². The molecule has 3 aromatic rings. The molecule has 0 fully saturated rings. The van der Waals surface area contributed by atoms with Crippen LogP contribution in [0.4, 0.5) is 0 Å². The lowest BCUT2D eigenvalue weighted by molar-refractivity contribution is -0.308. The maximum Gasteiger partial charge on any atom is 0.329 e. The molecule has 0 aliphatic rings. The summed E-state index contributed by atoms with van der Waals surface area (Å²) in [6.07, 6.45) is 0.199. The number of carbonyl (C=O) groups is 2. The first kappa shape index (κ1) is 22.0. The van der Waals surface area contributed by atoms with Crippen molar-refractivity contribution in [3.05, 3.63) is 81.0 Å². The van der Waals surface area contributed by atoms with E-state index < -0.39 is 35.2 Å². The minimum absolute atomic E-state index is 0.0201. The number of carbonyl (C=O) groups excluding carboxylic acids is 2. The van der Waals surface area contributed by atoms with Gasteiger partial charge in [-0.15, -0.1) is 0 Å². The number of hydrogen-bond acceptors (Lipinski definition) is 5. The van der Waals surface area contributed by atoms with Gasteiger partial charge in [0.1, 0.15) is 6.04 Å². The van der Waals surface area contributed by atoms with Crippen LogP contribution in [0.3, 0.4) is 0 Å². The molecule has 1 amide bonds. The highest BCUT2D eigenvalue weighted by Gasteiger charge is 2.28. The second kappa shape index (κ2) is 9.42. The maximum absolute atomic E-state index is 13.1. The minimum Gasteiger partial charge on any atom is -0.548 e. The molecule has 2 N–H and O–H groups in total. The van der Waals surface area contributed by atoms with Crippen LogP contribution >= 0.6 is 0 Å². The summed E-state index contributed by atoms with van der Waals surface area (Å²) < 4.78 is 0.868. The largest absolute Gasteiger partial charge is 0.548 e. The van der Waals surface area contributed by atoms with Crippen LogP contribution in [-0.4, -0.2) is 27.5 Å². The van der Waals surface area contributed by atoms with E-state index in [1.54, 1.807) is 54.6 Å². The van der Waals surface area contributed by atoms with E-state index >= 15 is 0 Å². The molecule has 0 saturated carbocycles. The van der Waals surface area contributed by atoms with E-state index in [2.05, 4.69) is 10.3 Å². The van der Waals surface area contributed by atoms with Gasteiger partial charge in [0.25, 0.3) is 5.56 Å². The molecule has 0 unspecified atom stereocenters. The average Bonchev–Trinajstić information content (AvgIpc) is 2.73. The molecule has 8 nitrogen and oxygen atoms in total. The summed E-state index contributed by atoms with van der Waals surface area (Å²) in [6.45, 7) is 3.70. The maximum atomic E-state index is 13.1. The highest BCUT2D eigenvalue weighted by Crippen LogP contribution is 2.17. The minimum atomic E-state index is -1.44. The van der Waals surface area contributed by atoms with Gasteiger partial charge in [0.15, 0.2) is 0 Å². The van der Waals surface area contributed by atoms with Crippen molar-refractivity contribution in [2.24, 2.45) is 5.92 Å². The van der Waals surface area contributed by atoms with Crippen LogP contribution in [0.1, 0.15) is 31.9 Å². The third kappa shape index (κ3) is 5.09. The van der Waals surface area contributed by atoms with E-state index in [-0.39, 0.29) is 24.1 Å². The molecule has 2 atom stereocenters. The predicted octanol–water partition coefficient (Wildman–Crippen LogP) is 0.754. The van der Waals surface area contributed by atoms with Gasteiger partial charge in [0.2, 0.25) is 5.91 Å². The quantitative estimate of drug-likeness (QED) is 0.554. The second-order valence-corrected chi connectivity index (χ2v) is 7.87. The number of carboxylic acid groups (broad SMARTS) is 1. The molecule has 0 aliphatic carbocycles. The number of para-hydroxylation sites is 1. The fourth-order valence-corrected chi connectivity index (χ4v) is 3.55. The molecule has 1 heterocycles. The van der Waals surface area contributed by atoms with Crippen molar-refractivity contribution in [1.82, 2.24) is 14.9 Å². The first-order valence-electron chi connectivity index (χ1n) is 10.1. The third-order valence-electron chi connectivity index (χ3n) is 5.03. The number of hydrogen-bond donors (Lipinski definition) is 2. The lowest BCUT2D eigenvalue weighted by Crippen LogP contribution is -2.53. The summed E-state index contributed by atoms with van der Waals surface area (Å²) in [5.41, 5.74) is -0.252. The van der Waals surface area contributed by atoms with Gasteiger partial charge in [0.05, 0.1) is 22.9 Å². The fourth-order valence-electron chi connectivity index (χ4n) is 3.55. The molecule has 0 bridgehead atoms. The van der Waals surface area contributed by atoms with E-state index in [9.17, 15) is 24.3 Å². The fraction of sp³-hybridized carbons (Fsp3) is 0.304. The summed E-state index contributed by atoms with van der Waals surface area (Å²) in [5.74, 6) is -2.20. The number of aromatic nitrogens is 2. The molecule has 1 aromatic heterocycles. The van der Waals surface area contributed by atoms with Crippen molar-refractivity contribution in [1.29, 1.82) is 0 Å². The van der Waals surface area contributed by atoms with Gasteiger partial charge in [-0.3, -0.25) is 9.59 Å². The monoisotopic (exact) mass is 422 g/mol. The lowest BCUT2D eigenvalue weighted by atomic mass is 10.0. The van der Waals surface area contributed by atoms with Crippen molar-refractivity contribution in [3.63, 3.8) is 0 Å². The van der Waals surface area contributed by atoms with Gasteiger partial charge in [-0.25, -0.2) is 9.36 Å². The zero-order valence-corrected chi connectivity index (χ0v) is 17.3. The first-order chi connectivity index (χ1) is 14.8.